The molecule has 2 unspecified atom stereocenters. The predicted molar refractivity (Wildman–Crippen MR) is 58.5 cm³/mol. The summed E-state index contributed by atoms with van der Waals surface area (Å²) >= 11 is 1.46. The Morgan fingerprint density at radius 2 is 2.20 bits per heavy atom. The van der Waals surface area contributed by atoms with E-state index in [4.69, 9.17) is 10.5 Å². The van der Waals surface area contributed by atoms with Crippen LogP contribution < -0.4 is 5.73 Å². The molecule has 0 amide bonds. The van der Waals surface area contributed by atoms with Gasteiger partial charge in [-0.3, -0.25) is 0 Å². The maximum atomic E-state index is 5.62. The van der Waals surface area contributed by atoms with Crippen molar-refractivity contribution in [2.45, 2.75) is 24.6 Å². The van der Waals surface area contributed by atoms with Gasteiger partial charge in [0.05, 0.1) is 0 Å². The van der Waals surface area contributed by atoms with Crippen LogP contribution in [0.15, 0.2) is 5.16 Å². The molecule has 82 valence electrons. The largest absolute Gasteiger partial charge is 0.370 e. The zero-order valence-corrected chi connectivity index (χ0v) is 9.62. The monoisotopic (exact) mass is 226 g/mol. The van der Waals surface area contributed by atoms with Gasteiger partial charge in [0.15, 0.2) is 11.0 Å². The van der Waals surface area contributed by atoms with E-state index in [1.54, 1.807) is 0 Å². The molecule has 1 aromatic rings. The number of ether oxygens (including phenoxy) is 1. The molecule has 1 aromatic heterocycles. The highest BCUT2D eigenvalue weighted by atomic mass is 32.2. The second-order valence-corrected chi connectivity index (χ2v) is 4.37. The predicted octanol–water partition coefficient (Wildman–Crippen LogP) is 1.27. The van der Waals surface area contributed by atoms with Gasteiger partial charge in [0, 0.05) is 6.61 Å². The molecular formula is C9H14N4OS. The summed E-state index contributed by atoms with van der Waals surface area (Å²) in [7, 11) is 0. The summed E-state index contributed by atoms with van der Waals surface area (Å²) in [4.78, 5) is 12.5. The first-order chi connectivity index (χ1) is 7.20. The number of nitrogen functional groups attached to an aromatic ring is 1. The van der Waals surface area contributed by atoms with Gasteiger partial charge in [-0.15, -0.1) is 0 Å². The SMILES string of the molecule is CSc1nc(N)nc(C2OCCC2C)n1. The van der Waals surface area contributed by atoms with Crippen LogP contribution in [0.1, 0.15) is 25.3 Å². The highest BCUT2D eigenvalue weighted by Crippen LogP contribution is 2.32. The van der Waals surface area contributed by atoms with E-state index >= 15 is 0 Å². The Balaban J connectivity index is 2.30. The molecule has 5 nitrogen and oxygen atoms in total. The summed E-state index contributed by atoms with van der Waals surface area (Å²) in [5.41, 5.74) is 5.62. The van der Waals surface area contributed by atoms with Gasteiger partial charge in [-0.05, 0) is 18.6 Å². The number of nitrogens with two attached hydrogens (primary N) is 1. The Kier molecular flexibility index (Phi) is 3.06. The quantitative estimate of drug-likeness (QED) is 0.766. The molecule has 2 N–H and O–H groups in total. The van der Waals surface area contributed by atoms with Crippen molar-refractivity contribution < 1.29 is 4.74 Å². The summed E-state index contributed by atoms with van der Waals surface area (Å²) in [6.07, 6.45) is 2.93. The number of rotatable bonds is 2. The van der Waals surface area contributed by atoms with Crippen molar-refractivity contribution >= 4 is 17.7 Å². The van der Waals surface area contributed by atoms with Crippen LogP contribution in [-0.2, 0) is 4.74 Å². The molecule has 1 saturated heterocycles. The maximum Gasteiger partial charge on any atom is 0.224 e. The van der Waals surface area contributed by atoms with Crippen LogP contribution in [0, 0.1) is 5.92 Å². The van der Waals surface area contributed by atoms with Crippen LogP contribution in [0.25, 0.3) is 0 Å². The maximum absolute atomic E-state index is 5.62. The Labute approximate surface area is 92.9 Å². The van der Waals surface area contributed by atoms with E-state index in [0.29, 0.717) is 16.9 Å². The number of nitrogens with zero attached hydrogens (tertiary/aromatic N) is 3. The third-order valence-corrected chi connectivity index (χ3v) is 3.02. The fourth-order valence-corrected chi connectivity index (χ4v) is 2.00. The first kappa shape index (κ1) is 10.6. The lowest BCUT2D eigenvalue weighted by Crippen LogP contribution is -2.12. The molecular weight excluding hydrogens is 212 g/mol. The first-order valence-corrected chi connectivity index (χ1v) is 6.10. The second kappa shape index (κ2) is 4.32. The van der Waals surface area contributed by atoms with Crippen molar-refractivity contribution in [3.8, 4) is 0 Å². The number of thioether (sulfide) groups is 1. The van der Waals surface area contributed by atoms with Crippen LogP contribution in [0.3, 0.4) is 0 Å². The fourth-order valence-electron chi connectivity index (χ4n) is 1.63. The lowest BCUT2D eigenvalue weighted by molar-refractivity contribution is 0.0866. The van der Waals surface area contributed by atoms with E-state index in [-0.39, 0.29) is 12.1 Å². The van der Waals surface area contributed by atoms with E-state index in [1.165, 1.54) is 11.8 Å². The average Bonchev–Trinajstić information content (AvgIpc) is 2.63. The molecule has 0 bridgehead atoms. The van der Waals surface area contributed by atoms with Crippen molar-refractivity contribution in [2.75, 3.05) is 18.6 Å². The average molecular weight is 226 g/mol. The Morgan fingerprint density at radius 3 is 2.80 bits per heavy atom. The van der Waals surface area contributed by atoms with Crippen molar-refractivity contribution in [3.63, 3.8) is 0 Å². The van der Waals surface area contributed by atoms with Gasteiger partial charge < -0.3 is 10.5 Å². The molecule has 1 aliphatic heterocycles. The smallest absolute Gasteiger partial charge is 0.224 e. The fraction of sp³-hybridized carbons (Fsp3) is 0.667. The molecule has 0 saturated carbocycles. The number of aromatic nitrogens is 3. The molecule has 0 spiro atoms. The normalized spacial score (nSPS) is 25.7. The van der Waals surface area contributed by atoms with Gasteiger partial charge in [0.1, 0.15) is 6.10 Å². The van der Waals surface area contributed by atoms with E-state index < -0.39 is 0 Å². The van der Waals surface area contributed by atoms with Gasteiger partial charge in [-0.1, -0.05) is 18.7 Å². The minimum atomic E-state index is -0.0267. The van der Waals surface area contributed by atoms with Crippen LogP contribution in [-0.4, -0.2) is 27.8 Å². The Morgan fingerprint density at radius 1 is 1.40 bits per heavy atom. The molecule has 0 aromatic carbocycles. The van der Waals surface area contributed by atoms with Gasteiger partial charge in [-0.25, -0.2) is 4.98 Å². The molecule has 15 heavy (non-hydrogen) atoms. The first-order valence-electron chi connectivity index (χ1n) is 4.87. The lowest BCUT2D eigenvalue weighted by atomic mass is 10.0. The third kappa shape index (κ3) is 2.21. The highest BCUT2D eigenvalue weighted by molar-refractivity contribution is 7.98. The Bertz CT molecular complexity index is 360. The third-order valence-electron chi connectivity index (χ3n) is 2.47. The van der Waals surface area contributed by atoms with Gasteiger partial charge in [0.2, 0.25) is 5.95 Å². The van der Waals surface area contributed by atoms with Gasteiger partial charge in [-0.2, -0.15) is 9.97 Å². The molecule has 2 atom stereocenters. The van der Waals surface area contributed by atoms with Gasteiger partial charge in [0.25, 0.3) is 0 Å². The number of hydrogen-bond donors (Lipinski definition) is 1. The van der Waals surface area contributed by atoms with Crippen molar-refractivity contribution in [3.05, 3.63) is 5.82 Å². The summed E-state index contributed by atoms with van der Waals surface area (Å²) in [5.74, 6) is 1.38. The topological polar surface area (TPSA) is 73.9 Å². The molecule has 0 aliphatic carbocycles. The van der Waals surface area contributed by atoms with Crippen molar-refractivity contribution in [2.24, 2.45) is 5.92 Å². The molecule has 2 heterocycles. The summed E-state index contributed by atoms with van der Waals surface area (Å²) < 4.78 is 5.59. The highest BCUT2D eigenvalue weighted by Gasteiger charge is 2.29. The molecule has 1 aliphatic rings. The van der Waals surface area contributed by atoms with Crippen LogP contribution in [0.5, 0.6) is 0 Å². The zero-order valence-electron chi connectivity index (χ0n) is 8.80. The molecule has 0 radical (unpaired) electrons. The van der Waals surface area contributed by atoms with E-state index in [1.807, 2.05) is 6.26 Å². The Hall–Kier alpha value is -0.880. The van der Waals surface area contributed by atoms with Crippen LogP contribution >= 0.6 is 11.8 Å². The minimum Gasteiger partial charge on any atom is -0.370 e. The summed E-state index contributed by atoms with van der Waals surface area (Å²) in [5, 5.41) is 0.653. The zero-order chi connectivity index (χ0) is 10.8. The molecule has 6 heteroatoms. The lowest BCUT2D eigenvalue weighted by Gasteiger charge is -2.13. The van der Waals surface area contributed by atoms with E-state index in [9.17, 15) is 0 Å². The second-order valence-electron chi connectivity index (χ2n) is 3.60. The molecule has 2 rings (SSSR count). The number of hydrogen-bond acceptors (Lipinski definition) is 6. The van der Waals surface area contributed by atoms with E-state index in [2.05, 4.69) is 21.9 Å². The van der Waals surface area contributed by atoms with Gasteiger partial charge >= 0.3 is 0 Å². The summed E-state index contributed by atoms with van der Waals surface area (Å²) in [6.45, 7) is 2.91. The number of anilines is 1. The standard InChI is InChI=1S/C9H14N4OS/c1-5-3-4-14-6(5)7-11-8(10)13-9(12-7)15-2/h5-6H,3-4H2,1-2H3,(H2,10,11,12,13). The van der Waals surface area contributed by atoms with Crippen molar-refractivity contribution in [1.29, 1.82) is 0 Å². The van der Waals surface area contributed by atoms with Crippen LogP contribution in [0.4, 0.5) is 5.95 Å². The van der Waals surface area contributed by atoms with Crippen molar-refractivity contribution in [1.82, 2.24) is 15.0 Å². The van der Waals surface area contributed by atoms with E-state index in [0.717, 1.165) is 13.0 Å². The molecule has 1 fully saturated rings. The van der Waals surface area contributed by atoms with Crippen LogP contribution in [0.2, 0.25) is 0 Å². The minimum absolute atomic E-state index is 0.0267. The summed E-state index contributed by atoms with van der Waals surface area (Å²) in [6, 6.07) is 0.